The first kappa shape index (κ1) is 76.4. The van der Waals surface area contributed by atoms with E-state index in [0.29, 0.717) is 70.8 Å². The second-order valence-corrected chi connectivity index (χ2v) is 30.0. The number of halogens is 12. The van der Waals surface area contributed by atoms with Gasteiger partial charge in [0.15, 0.2) is 0 Å². The number of aromatic amines is 1. The molecule has 6 aromatic rings. The molecule has 25 heteroatoms. The molecule has 5 heterocycles. The van der Waals surface area contributed by atoms with Crippen molar-refractivity contribution in [3.8, 4) is 33.4 Å². The number of amides is 4. The molecule has 94 heavy (non-hydrogen) atoms. The zero-order valence-electron chi connectivity index (χ0n) is 55.9. The van der Waals surface area contributed by atoms with Gasteiger partial charge in [0.05, 0.1) is 6.04 Å². The van der Waals surface area contributed by atoms with Gasteiger partial charge in [0.2, 0.25) is 0 Å². The third kappa shape index (κ3) is 20.9. The maximum atomic E-state index is 14.4. The minimum atomic E-state index is -4.72. The van der Waals surface area contributed by atoms with E-state index < -0.39 is 71.1 Å². The molecule has 2 fully saturated rings. The molecule has 2 aliphatic rings. The number of ether oxygens (including phenoxy) is 1. The maximum absolute atomic E-state index is 14.4. The Morgan fingerprint density at radius 3 is 1.24 bits per heavy atom. The number of rotatable bonds is 13. The Morgan fingerprint density at radius 1 is 0.511 bits per heavy atom. The summed E-state index contributed by atoms with van der Waals surface area (Å²) in [6.07, 6.45) is -11.6. The highest BCUT2D eigenvalue weighted by atomic mass is 35.5. The van der Waals surface area contributed by atoms with Crippen LogP contribution in [-0.4, -0.2) is 129 Å². The molecule has 2 aliphatic heterocycles. The van der Waals surface area contributed by atoms with Crippen LogP contribution in [0.25, 0.3) is 33.4 Å². The zero-order valence-corrected chi connectivity index (χ0v) is 58.1. The molecule has 3 aromatic heterocycles. The Bertz CT molecular complexity index is 3580. The number of hydrogen-bond acceptors (Lipinski definition) is 6. The summed E-state index contributed by atoms with van der Waals surface area (Å²) in [6.45, 7) is 25.1. The molecule has 0 aliphatic carbocycles. The smallest absolute Gasteiger partial charge is 0.431 e. The van der Waals surface area contributed by atoms with Crippen LogP contribution >= 0.6 is 34.8 Å². The van der Waals surface area contributed by atoms with Gasteiger partial charge < -0.3 is 43.8 Å². The zero-order chi connectivity index (χ0) is 70.6. The summed E-state index contributed by atoms with van der Waals surface area (Å²) >= 11 is 17.8. The normalized spacial score (nSPS) is 15.7. The molecule has 516 valence electrons. The largest absolute Gasteiger partial charge is 0.444 e. The fraction of sp³-hybridized carbons (Fsp3) is 0.507. The van der Waals surface area contributed by atoms with Gasteiger partial charge in [0.1, 0.15) is 39.8 Å². The number of hydrogen-bond donors (Lipinski definition) is 2. The van der Waals surface area contributed by atoms with Crippen molar-refractivity contribution in [2.75, 3.05) is 53.9 Å². The lowest BCUT2D eigenvalue weighted by atomic mass is 9.96. The van der Waals surface area contributed by atoms with E-state index >= 15 is 0 Å². The van der Waals surface area contributed by atoms with Crippen LogP contribution in [0.4, 0.5) is 44.3 Å². The van der Waals surface area contributed by atoms with Crippen molar-refractivity contribution < 1.29 is 63.4 Å². The number of aromatic nitrogens is 3. The molecule has 0 bridgehead atoms. The lowest BCUT2D eigenvalue weighted by Gasteiger charge is -2.31. The SMILES string of the molecule is CN(CC(C)(C)C)C(=O)c1[nH]c(C(F)(F)F)cc1-c1ccc(Cl)cc1.CN(CC(C)(C)C)C(=O)c1c(-c2ccc(Cl)cc2)cc(C(F)(F)F)n1CC1CCCN1.CN(CC(C)(C)C)C(=O)c1c(-c2ccc(Cl)cc2)cc(C(F)(F)F)n1CC1CCCN1C(=O)OC(C)(C)C. The molecule has 0 saturated carbocycles. The van der Waals surface area contributed by atoms with Gasteiger partial charge >= 0.3 is 24.6 Å². The number of likely N-dealkylation sites (tertiary alicyclic amines) is 1. The fourth-order valence-corrected chi connectivity index (χ4v) is 12.0. The highest BCUT2D eigenvalue weighted by Crippen LogP contribution is 2.42. The molecule has 2 saturated heterocycles. The molecule has 13 nitrogen and oxygen atoms in total. The quantitative estimate of drug-likeness (QED) is 0.111. The van der Waals surface area contributed by atoms with Crippen LogP contribution in [0.2, 0.25) is 15.1 Å². The van der Waals surface area contributed by atoms with Crippen LogP contribution in [-0.2, 0) is 36.4 Å². The van der Waals surface area contributed by atoms with E-state index in [1.807, 2.05) is 62.3 Å². The Kier molecular flexibility index (Phi) is 24.2. The molecule has 2 unspecified atom stereocenters. The first-order chi connectivity index (χ1) is 43.1. The molecule has 0 radical (unpaired) electrons. The van der Waals surface area contributed by atoms with Gasteiger partial charge in [-0.2, -0.15) is 39.5 Å². The van der Waals surface area contributed by atoms with E-state index in [4.69, 9.17) is 39.5 Å². The van der Waals surface area contributed by atoms with Crippen molar-refractivity contribution >= 4 is 58.6 Å². The van der Waals surface area contributed by atoms with Crippen LogP contribution in [0, 0.1) is 16.2 Å². The van der Waals surface area contributed by atoms with Gasteiger partial charge in [-0.15, -0.1) is 0 Å². The minimum Gasteiger partial charge on any atom is -0.444 e. The van der Waals surface area contributed by atoms with Gasteiger partial charge in [0.25, 0.3) is 17.7 Å². The summed E-state index contributed by atoms with van der Waals surface area (Å²) in [4.78, 5) is 61.0. The van der Waals surface area contributed by atoms with E-state index in [0.717, 1.165) is 46.7 Å². The number of H-pyrrole nitrogens is 1. The van der Waals surface area contributed by atoms with Crippen LogP contribution < -0.4 is 5.32 Å². The first-order valence-electron chi connectivity index (χ1n) is 30.8. The van der Waals surface area contributed by atoms with Crippen molar-refractivity contribution in [2.45, 2.75) is 158 Å². The third-order valence-corrected chi connectivity index (χ3v) is 15.9. The predicted molar refractivity (Wildman–Crippen MR) is 352 cm³/mol. The van der Waals surface area contributed by atoms with E-state index in [1.54, 1.807) is 115 Å². The molecular formula is C69H86Cl3F9N8O5. The summed E-state index contributed by atoms with van der Waals surface area (Å²) in [5.41, 5.74) is -2.06. The third-order valence-electron chi connectivity index (χ3n) is 15.1. The maximum Gasteiger partial charge on any atom is 0.431 e. The lowest BCUT2D eigenvalue weighted by Crippen LogP contribution is -2.42. The van der Waals surface area contributed by atoms with Crippen molar-refractivity contribution in [2.24, 2.45) is 16.2 Å². The average molecular weight is 1380 g/mol. The Balaban J connectivity index is 0.000000228. The monoisotopic (exact) mass is 1380 g/mol. The number of carbonyl (C=O) groups is 4. The second kappa shape index (κ2) is 29.8. The van der Waals surface area contributed by atoms with E-state index in [-0.39, 0.29) is 69.1 Å². The first-order valence-corrected chi connectivity index (χ1v) is 31.9. The molecule has 3 aromatic carbocycles. The van der Waals surface area contributed by atoms with Crippen molar-refractivity contribution in [3.05, 3.63) is 140 Å². The Morgan fingerprint density at radius 2 is 0.894 bits per heavy atom. The van der Waals surface area contributed by atoms with Gasteiger partial charge in [-0.25, -0.2) is 4.79 Å². The average Bonchev–Trinajstić information content (AvgIpc) is 1.62. The Hall–Kier alpha value is -6.62. The number of benzene rings is 3. The summed E-state index contributed by atoms with van der Waals surface area (Å²) in [6, 6.07) is 21.6. The highest BCUT2D eigenvalue weighted by molar-refractivity contribution is 6.31. The fourth-order valence-electron chi connectivity index (χ4n) is 11.6. The topological polar surface area (TPSA) is 128 Å². The number of alkyl halides is 9. The van der Waals surface area contributed by atoms with Crippen molar-refractivity contribution in [3.63, 3.8) is 0 Å². The standard InChI is InChI=1S/C28H37ClF3N3O3.C23H29ClF3N3O.C18H20ClF3N2O/c1-26(2,3)17-33(7)24(36)23-21(18-10-12-19(29)13-11-18)15-22(28(30,31)32)35(23)16-20-9-8-14-34(20)25(37)38-27(4,5)6;1-22(2,3)14-29(4)21(31)20-18(15-7-9-16(24)10-8-15)12-19(23(25,26)27)30(20)13-17-6-5-11-28-17;1-17(2,3)10-24(4)16(25)15-13(9-14(23-15)18(20,21)22)11-5-7-12(19)8-6-11/h10-13,15,20H,8-9,14,16-17H2,1-7H3;7-10,12,17,28H,5-6,11,13-14H2,1-4H3;5-9,23H,10H2,1-4H3. The van der Waals surface area contributed by atoms with Gasteiger partial charge in [0, 0.05) is 98.2 Å². The van der Waals surface area contributed by atoms with E-state index in [9.17, 15) is 58.7 Å². The molecular weight excluding hydrogens is 1300 g/mol. The van der Waals surface area contributed by atoms with Crippen LogP contribution in [0.1, 0.15) is 157 Å². The number of carbonyl (C=O) groups excluding carboxylic acids is 4. The van der Waals surface area contributed by atoms with Crippen LogP contribution in [0.15, 0.2) is 91.0 Å². The Labute approximate surface area is 560 Å². The molecule has 4 amide bonds. The molecule has 0 spiro atoms. The number of nitrogens with zero attached hydrogens (tertiary/aromatic N) is 6. The summed E-state index contributed by atoms with van der Waals surface area (Å²) < 4.78 is 133. The van der Waals surface area contributed by atoms with Gasteiger partial charge in [-0.1, -0.05) is 134 Å². The van der Waals surface area contributed by atoms with Gasteiger partial charge in [-0.3, -0.25) is 14.4 Å². The van der Waals surface area contributed by atoms with E-state index in [1.165, 1.54) is 19.6 Å². The lowest BCUT2D eigenvalue weighted by molar-refractivity contribution is -0.144. The second-order valence-electron chi connectivity index (χ2n) is 28.7. The molecule has 2 atom stereocenters. The summed E-state index contributed by atoms with van der Waals surface area (Å²) in [7, 11) is 4.80. The summed E-state index contributed by atoms with van der Waals surface area (Å²) in [5, 5.41) is 4.62. The predicted octanol–water partition coefficient (Wildman–Crippen LogP) is 18.5. The van der Waals surface area contributed by atoms with E-state index in [2.05, 4.69) is 10.3 Å². The van der Waals surface area contributed by atoms with Gasteiger partial charge in [-0.05, 0) is 141 Å². The number of nitrogens with one attached hydrogen (secondary N) is 2. The van der Waals surface area contributed by atoms with Crippen molar-refractivity contribution in [1.29, 1.82) is 0 Å². The minimum absolute atomic E-state index is 0.0649. The molecule has 8 rings (SSSR count). The van der Waals surface area contributed by atoms with Crippen molar-refractivity contribution in [1.82, 2.24) is 39.0 Å². The van der Waals surface area contributed by atoms with Crippen LogP contribution in [0.5, 0.6) is 0 Å². The van der Waals surface area contributed by atoms with Crippen LogP contribution in [0.3, 0.4) is 0 Å². The highest BCUT2D eigenvalue weighted by Gasteiger charge is 2.43. The summed E-state index contributed by atoms with van der Waals surface area (Å²) in [5.74, 6) is -1.44. The molecule has 2 N–H and O–H groups in total.